The molecule has 1 aliphatic rings. The van der Waals surface area contributed by atoms with Crippen LogP contribution in [0.25, 0.3) is 0 Å². The van der Waals surface area contributed by atoms with E-state index in [1.807, 2.05) is 0 Å². The van der Waals surface area contributed by atoms with Gasteiger partial charge in [0.05, 0.1) is 34.4 Å². The van der Waals surface area contributed by atoms with E-state index >= 15 is 0 Å². The number of halogens is 12. The molecule has 1 heterocycles. The lowest BCUT2D eigenvalue weighted by Gasteiger charge is -2.40. The van der Waals surface area contributed by atoms with Crippen LogP contribution in [-0.4, -0.2) is 18.3 Å². The molecule has 0 radical (unpaired) electrons. The van der Waals surface area contributed by atoms with Crippen molar-refractivity contribution in [2.75, 3.05) is 18.1 Å². The second kappa shape index (κ2) is 8.49. The quantitative estimate of drug-likeness (QED) is 0.427. The normalized spacial score (nSPS) is 20.0. The first-order chi connectivity index (χ1) is 15.8. The molecule has 2 aromatic carbocycles. The largest absolute Gasteiger partial charge is 0.416 e. The number of alkyl halides is 12. The van der Waals surface area contributed by atoms with Gasteiger partial charge < -0.3 is 10.0 Å². The second-order valence-electron chi connectivity index (χ2n) is 8.00. The second-order valence-corrected chi connectivity index (χ2v) is 8.00. The van der Waals surface area contributed by atoms with E-state index in [9.17, 15) is 57.8 Å². The van der Waals surface area contributed by atoms with Gasteiger partial charge in [-0.3, -0.25) is 0 Å². The van der Waals surface area contributed by atoms with Crippen molar-refractivity contribution in [1.29, 1.82) is 0 Å². The summed E-state index contributed by atoms with van der Waals surface area (Å²) in [4.78, 5) is 0.785. The molecule has 1 saturated heterocycles. The summed E-state index contributed by atoms with van der Waals surface area (Å²) >= 11 is 0. The van der Waals surface area contributed by atoms with Crippen LogP contribution in [0, 0.1) is 0 Å². The van der Waals surface area contributed by atoms with Crippen LogP contribution >= 0.6 is 0 Å². The highest BCUT2D eigenvalue weighted by atomic mass is 19.4. The van der Waals surface area contributed by atoms with Gasteiger partial charge in [-0.1, -0.05) is 0 Å². The minimum absolute atomic E-state index is 0.0459. The highest BCUT2D eigenvalue weighted by Crippen LogP contribution is 2.47. The van der Waals surface area contributed by atoms with Crippen LogP contribution in [0.5, 0.6) is 0 Å². The molecule has 0 amide bonds. The minimum Gasteiger partial charge on any atom is -0.394 e. The lowest BCUT2D eigenvalue weighted by Crippen LogP contribution is -2.45. The number of hydrogen-bond donors (Lipinski definition) is 1. The molecular weight excluding hydrogens is 510 g/mol. The summed E-state index contributed by atoms with van der Waals surface area (Å²) in [6.45, 7) is -1.51. The highest BCUT2D eigenvalue weighted by Gasteiger charge is 2.47. The predicted octanol–water partition coefficient (Wildman–Crippen LogP) is 7.25. The Hall–Kier alpha value is -2.64. The average Bonchev–Trinajstić information content (AvgIpc) is 3.16. The van der Waals surface area contributed by atoms with Crippen LogP contribution in [0.3, 0.4) is 0 Å². The van der Waals surface area contributed by atoms with Crippen LogP contribution in [0.15, 0.2) is 36.4 Å². The molecule has 3 rings (SSSR count). The van der Waals surface area contributed by atoms with Gasteiger partial charge in [-0.15, -0.1) is 0 Å². The van der Waals surface area contributed by atoms with Gasteiger partial charge in [0.15, 0.2) is 0 Å². The molecule has 1 N–H and O–H groups in total. The van der Waals surface area contributed by atoms with Crippen molar-refractivity contribution >= 4 is 5.69 Å². The maximum atomic E-state index is 13.3. The van der Waals surface area contributed by atoms with E-state index in [2.05, 4.69) is 0 Å². The maximum absolute atomic E-state index is 13.3. The molecule has 14 heteroatoms. The van der Waals surface area contributed by atoms with E-state index in [1.54, 1.807) is 0 Å². The third-order valence-corrected chi connectivity index (χ3v) is 5.76. The van der Waals surface area contributed by atoms with Crippen molar-refractivity contribution in [3.63, 3.8) is 0 Å². The van der Waals surface area contributed by atoms with Crippen LogP contribution in [0.1, 0.15) is 40.7 Å². The highest BCUT2D eigenvalue weighted by molar-refractivity contribution is 5.58. The fraction of sp³-hybridized carbons (Fsp3) is 0.429. The lowest BCUT2D eigenvalue weighted by molar-refractivity contribution is -0.144. The van der Waals surface area contributed by atoms with Crippen molar-refractivity contribution in [3.8, 4) is 0 Å². The van der Waals surface area contributed by atoms with E-state index in [1.165, 1.54) is 0 Å². The Balaban J connectivity index is 2.28. The SMILES string of the molecule is OCC1(c2cc(C(F)(F)F)cc(C(F)(F)F)c2)CCCN1c1cc(C(F)(F)F)cc(C(F)(F)F)c1. The zero-order valence-corrected chi connectivity index (χ0v) is 17.2. The standard InChI is InChI=1S/C21H15F12NO/c22-18(23,24)12-4-11(5-13(6-12)19(25,26)27)17(10-35)2-1-3-34(17)16-8-14(20(28,29)30)7-15(9-16)21(31,32)33/h4-9,35H,1-3,10H2. The van der Waals surface area contributed by atoms with Crippen molar-refractivity contribution in [2.45, 2.75) is 43.1 Å². The smallest absolute Gasteiger partial charge is 0.394 e. The zero-order valence-electron chi connectivity index (χ0n) is 17.2. The van der Waals surface area contributed by atoms with Crippen LogP contribution in [0.2, 0.25) is 0 Å². The first-order valence-corrected chi connectivity index (χ1v) is 9.77. The number of aliphatic hydroxyl groups excluding tert-OH is 1. The molecule has 0 saturated carbocycles. The van der Waals surface area contributed by atoms with E-state index in [0.717, 1.165) is 4.90 Å². The molecule has 0 spiro atoms. The third-order valence-electron chi connectivity index (χ3n) is 5.76. The summed E-state index contributed by atoms with van der Waals surface area (Å²) < 4.78 is 160. The van der Waals surface area contributed by atoms with Crippen molar-refractivity contribution < 1.29 is 57.8 Å². The molecule has 2 nitrogen and oxygen atoms in total. The number of aliphatic hydroxyl groups is 1. The molecule has 0 aliphatic carbocycles. The van der Waals surface area contributed by atoms with Gasteiger partial charge >= 0.3 is 24.7 Å². The Kier molecular flexibility index (Phi) is 6.54. The number of benzene rings is 2. The molecule has 35 heavy (non-hydrogen) atoms. The fourth-order valence-corrected chi connectivity index (χ4v) is 4.13. The minimum atomic E-state index is -5.25. The van der Waals surface area contributed by atoms with Gasteiger partial charge in [-0.25, -0.2) is 0 Å². The topological polar surface area (TPSA) is 23.5 Å². The summed E-state index contributed by atoms with van der Waals surface area (Å²) in [5.41, 5.74) is -10.6. The Bertz CT molecular complexity index is 1020. The van der Waals surface area contributed by atoms with Crippen LogP contribution in [0.4, 0.5) is 58.4 Å². The zero-order chi connectivity index (χ0) is 26.6. The molecule has 0 aromatic heterocycles. The first-order valence-electron chi connectivity index (χ1n) is 9.77. The molecule has 1 fully saturated rings. The molecule has 1 atom stereocenters. The number of anilines is 1. The van der Waals surface area contributed by atoms with Gasteiger partial charge in [0.2, 0.25) is 0 Å². The summed E-state index contributed by atoms with van der Waals surface area (Å²) in [5, 5.41) is 10.1. The Morgan fingerprint density at radius 1 is 0.629 bits per heavy atom. The van der Waals surface area contributed by atoms with Gasteiger partial charge in [0.25, 0.3) is 0 Å². The molecule has 0 bridgehead atoms. The summed E-state index contributed by atoms with van der Waals surface area (Å²) in [7, 11) is 0. The van der Waals surface area contributed by atoms with Gasteiger partial charge in [-0.2, -0.15) is 52.7 Å². The lowest BCUT2D eigenvalue weighted by atomic mass is 9.85. The fourth-order valence-electron chi connectivity index (χ4n) is 4.13. The van der Waals surface area contributed by atoms with Crippen molar-refractivity contribution in [2.24, 2.45) is 0 Å². The van der Waals surface area contributed by atoms with Crippen LogP contribution in [-0.2, 0) is 30.2 Å². The summed E-state index contributed by atoms with van der Waals surface area (Å²) in [6.07, 6.45) is -21.4. The van der Waals surface area contributed by atoms with Crippen molar-refractivity contribution in [1.82, 2.24) is 0 Å². The molecule has 1 aliphatic heterocycles. The molecule has 1 unspecified atom stereocenters. The number of rotatable bonds is 3. The van der Waals surface area contributed by atoms with Gasteiger partial charge in [0, 0.05) is 12.2 Å². The Morgan fingerprint density at radius 2 is 1.00 bits per heavy atom. The maximum Gasteiger partial charge on any atom is 0.416 e. The van der Waals surface area contributed by atoms with E-state index in [0.29, 0.717) is 24.3 Å². The Labute approximate surface area is 189 Å². The number of hydrogen-bond acceptors (Lipinski definition) is 2. The van der Waals surface area contributed by atoms with Gasteiger partial charge in [0.1, 0.15) is 0 Å². The first kappa shape index (κ1) is 27.0. The summed E-state index contributed by atoms with van der Waals surface area (Å²) in [5.74, 6) is 0. The molecular formula is C21H15F12NO. The predicted molar refractivity (Wildman–Crippen MR) is 98.2 cm³/mol. The van der Waals surface area contributed by atoms with E-state index in [-0.39, 0.29) is 31.5 Å². The molecule has 2 aromatic rings. The van der Waals surface area contributed by atoms with Crippen LogP contribution < -0.4 is 4.90 Å². The monoisotopic (exact) mass is 525 g/mol. The third kappa shape index (κ3) is 5.31. The summed E-state index contributed by atoms with van der Waals surface area (Å²) in [6, 6.07) is 0.906. The van der Waals surface area contributed by atoms with Gasteiger partial charge in [-0.05, 0) is 54.8 Å². The molecule has 194 valence electrons. The average molecular weight is 525 g/mol. The Morgan fingerprint density at radius 3 is 1.34 bits per heavy atom. The van der Waals surface area contributed by atoms with E-state index in [4.69, 9.17) is 0 Å². The van der Waals surface area contributed by atoms with Crippen molar-refractivity contribution in [3.05, 3.63) is 64.2 Å². The number of nitrogens with zero attached hydrogens (tertiary/aromatic N) is 1. The van der Waals surface area contributed by atoms with E-state index < -0.39 is 70.4 Å².